The summed E-state index contributed by atoms with van der Waals surface area (Å²) in [6.07, 6.45) is 0.890. The first-order valence-corrected chi connectivity index (χ1v) is 6.79. The summed E-state index contributed by atoms with van der Waals surface area (Å²) in [7, 11) is 0. The highest BCUT2D eigenvalue weighted by Gasteiger charge is 2.15. The predicted octanol–water partition coefficient (Wildman–Crippen LogP) is 2.99. The van der Waals surface area contributed by atoms with Crippen molar-refractivity contribution in [3.05, 3.63) is 50.0 Å². The molecule has 1 N–H and O–H groups in total. The van der Waals surface area contributed by atoms with Gasteiger partial charge in [0.25, 0.3) is 5.69 Å². The van der Waals surface area contributed by atoms with Gasteiger partial charge in [0.1, 0.15) is 12.4 Å². The van der Waals surface area contributed by atoms with Gasteiger partial charge in [0.05, 0.1) is 20.9 Å². The second kappa shape index (κ2) is 5.98. The van der Waals surface area contributed by atoms with Crippen LogP contribution in [0.25, 0.3) is 0 Å². The molecule has 1 aromatic heterocycles. The lowest BCUT2D eigenvalue weighted by Gasteiger charge is -2.12. The summed E-state index contributed by atoms with van der Waals surface area (Å²) < 4.78 is 5.62. The molecule has 1 atom stereocenters. The van der Waals surface area contributed by atoms with Crippen molar-refractivity contribution >= 4 is 17.0 Å². The largest absolute Gasteiger partial charge is 0.488 e. The third kappa shape index (κ3) is 3.31. The number of nitro benzene ring substituents is 1. The van der Waals surface area contributed by atoms with Crippen LogP contribution >= 0.6 is 11.3 Å². The van der Waals surface area contributed by atoms with Gasteiger partial charge >= 0.3 is 0 Å². The van der Waals surface area contributed by atoms with Gasteiger partial charge in [-0.2, -0.15) is 0 Å². The Morgan fingerprint density at radius 3 is 2.85 bits per heavy atom. The number of hydrogen-bond donors (Lipinski definition) is 1. The minimum absolute atomic E-state index is 0.0677. The number of aliphatic hydroxyl groups is 1. The van der Waals surface area contributed by atoms with Gasteiger partial charge in [0.2, 0.25) is 0 Å². The molecule has 20 heavy (non-hydrogen) atoms. The predicted molar refractivity (Wildman–Crippen MR) is 74.9 cm³/mol. The molecule has 0 radical (unpaired) electrons. The van der Waals surface area contributed by atoms with Gasteiger partial charge in [0.15, 0.2) is 0 Å². The highest BCUT2D eigenvalue weighted by Crippen LogP contribution is 2.30. The minimum atomic E-state index is -0.840. The summed E-state index contributed by atoms with van der Waals surface area (Å²) in [4.78, 5) is 15.3. The third-order valence-electron chi connectivity index (χ3n) is 2.69. The van der Waals surface area contributed by atoms with Gasteiger partial charge in [-0.3, -0.25) is 10.1 Å². The Bertz CT molecular complexity index is 625. The monoisotopic (exact) mass is 294 g/mol. The van der Waals surface area contributed by atoms with Crippen LogP contribution in [0.15, 0.2) is 24.4 Å². The average Bonchev–Trinajstić information content (AvgIpc) is 2.81. The van der Waals surface area contributed by atoms with Crippen LogP contribution in [0.3, 0.4) is 0 Å². The van der Waals surface area contributed by atoms with Crippen LogP contribution in [-0.4, -0.2) is 15.0 Å². The van der Waals surface area contributed by atoms with Gasteiger partial charge < -0.3 is 9.84 Å². The van der Waals surface area contributed by atoms with E-state index in [1.807, 2.05) is 6.92 Å². The molecule has 0 spiro atoms. The Labute approximate surface area is 119 Å². The van der Waals surface area contributed by atoms with Crippen LogP contribution in [0.4, 0.5) is 5.69 Å². The zero-order valence-corrected chi connectivity index (χ0v) is 11.9. The number of benzene rings is 1. The summed E-state index contributed by atoms with van der Waals surface area (Å²) >= 11 is 1.52. The fraction of sp³-hybridized carbons (Fsp3) is 0.308. The maximum Gasteiger partial charge on any atom is 0.270 e. The first kappa shape index (κ1) is 14.4. The number of ether oxygens (including phenoxy) is 1. The molecule has 0 aliphatic rings. The van der Waals surface area contributed by atoms with Crippen molar-refractivity contribution in [2.45, 2.75) is 26.6 Å². The number of thiazole rings is 1. The topological polar surface area (TPSA) is 85.5 Å². The molecular weight excluding hydrogens is 280 g/mol. The SMILES string of the molecule is Cc1ncc(COc2ccc([N+](=O)[O-])cc2[C@@H](C)O)s1. The molecule has 6 nitrogen and oxygen atoms in total. The Morgan fingerprint density at radius 2 is 2.30 bits per heavy atom. The van der Waals surface area contributed by atoms with Crippen LogP contribution < -0.4 is 4.74 Å². The maximum atomic E-state index is 10.7. The van der Waals surface area contributed by atoms with Crippen molar-refractivity contribution in [2.75, 3.05) is 0 Å². The molecule has 1 aromatic carbocycles. The highest BCUT2D eigenvalue weighted by atomic mass is 32.1. The number of nitrogens with zero attached hydrogens (tertiary/aromatic N) is 2. The zero-order chi connectivity index (χ0) is 14.7. The molecule has 7 heteroatoms. The number of aliphatic hydroxyl groups excluding tert-OH is 1. The van der Waals surface area contributed by atoms with Crippen molar-refractivity contribution in [1.82, 2.24) is 4.98 Å². The Morgan fingerprint density at radius 1 is 1.55 bits per heavy atom. The summed E-state index contributed by atoms with van der Waals surface area (Å²) in [6, 6.07) is 4.20. The van der Waals surface area contributed by atoms with Crippen molar-refractivity contribution < 1.29 is 14.8 Å². The summed E-state index contributed by atoms with van der Waals surface area (Å²) in [5.74, 6) is 0.441. The molecule has 1 heterocycles. The smallest absolute Gasteiger partial charge is 0.270 e. The van der Waals surface area contributed by atoms with E-state index >= 15 is 0 Å². The lowest BCUT2D eigenvalue weighted by atomic mass is 10.1. The van der Waals surface area contributed by atoms with E-state index in [1.54, 1.807) is 13.1 Å². The van der Waals surface area contributed by atoms with Crippen LogP contribution in [-0.2, 0) is 6.61 Å². The summed E-state index contributed by atoms with van der Waals surface area (Å²) in [5.41, 5.74) is 0.335. The number of hydrogen-bond acceptors (Lipinski definition) is 6. The Hall–Kier alpha value is -1.99. The summed E-state index contributed by atoms with van der Waals surface area (Å²) in [5, 5.41) is 21.4. The number of aryl methyl sites for hydroxylation is 1. The molecular formula is C13H14N2O4S. The van der Waals surface area contributed by atoms with E-state index in [0.717, 1.165) is 9.88 Å². The lowest BCUT2D eigenvalue weighted by Crippen LogP contribution is -2.01. The van der Waals surface area contributed by atoms with E-state index in [0.29, 0.717) is 17.9 Å². The summed E-state index contributed by atoms with van der Waals surface area (Å²) in [6.45, 7) is 3.77. The van der Waals surface area contributed by atoms with Crippen molar-refractivity contribution in [3.63, 3.8) is 0 Å². The van der Waals surface area contributed by atoms with E-state index in [2.05, 4.69) is 4.98 Å². The van der Waals surface area contributed by atoms with E-state index in [4.69, 9.17) is 4.74 Å². The Balaban J connectivity index is 2.20. The molecule has 0 fully saturated rings. The van der Waals surface area contributed by atoms with Crippen LogP contribution in [0, 0.1) is 17.0 Å². The van der Waals surface area contributed by atoms with E-state index in [-0.39, 0.29) is 5.69 Å². The number of non-ortho nitro benzene ring substituents is 1. The van der Waals surface area contributed by atoms with Crippen LogP contribution in [0.1, 0.15) is 28.5 Å². The Kier molecular flexibility index (Phi) is 4.31. The van der Waals surface area contributed by atoms with E-state index in [1.165, 1.54) is 29.5 Å². The second-order valence-corrected chi connectivity index (χ2v) is 5.61. The minimum Gasteiger partial charge on any atom is -0.488 e. The van der Waals surface area contributed by atoms with Gasteiger partial charge in [-0.15, -0.1) is 11.3 Å². The van der Waals surface area contributed by atoms with E-state index < -0.39 is 11.0 Å². The molecule has 0 saturated carbocycles. The molecule has 0 unspecified atom stereocenters. The lowest BCUT2D eigenvalue weighted by molar-refractivity contribution is -0.385. The van der Waals surface area contributed by atoms with Crippen LogP contribution in [0.5, 0.6) is 5.75 Å². The highest BCUT2D eigenvalue weighted by molar-refractivity contribution is 7.11. The van der Waals surface area contributed by atoms with Gasteiger partial charge in [0, 0.05) is 23.9 Å². The van der Waals surface area contributed by atoms with Gasteiger partial charge in [-0.25, -0.2) is 4.98 Å². The molecule has 0 saturated heterocycles. The standard InChI is InChI=1S/C13H14N2O4S/c1-8(16)12-5-10(15(17)18)3-4-13(12)19-7-11-6-14-9(2)20-11/h3-6,8,16H,7H2,1-2H3/t8-/m1/s1. The molecule has 0 amide bonds. The first-order valence-electron chi connectivity index (χ1n) is 5.98. The molecule has 0 bridgehead atoms. The third-order valence-corrected chi connectivity index (χ3v) is 3.58. The molecule has 106 valence electrons. The molecule has 2 aromatic rings. The number of nitro groups is 1. The maximum absolute atomic E-state index is 10.7. The molecule has 2 rings (SSSR count). The van der Waals surface area contributed by atoms with Crippen molar-refractivity contribution in [2.24, 2.45) is 0 Å². The number of rotatable bonds is 5. The van der Waals surface area contributed by atoms with Gasteiger partial charge in [-0.1, -0.05) is 0 Å². The normalized spacial score (nSPS) is 12.2. The van der Waals surface area contributed by atoms with Gasteiger partial charge in [-0.05, 0) is 19.9 Å². The first-order chi connectivity index (χ1) is 9.47. The molecule has 0 aliphatic carbocycles. The van der Waals surface area contributed by atoms with Crippen LogP contribution in [0.2, 0.25) is 0 Å². The fourth-order valence-corrected chi connectivity index (χ4v) is 2.44. The fourth-order valence-electron chi connectivity index (χ4n) is 1.73. The van der Waals surface area contributed by atoms with Crippen molar-refractivity contribution in [3.8, 4) is 5.75 Å². The zero-order valence-electron chi connectivity index (χ0n) is 11.1. The quantitative estimate of drug-likeness (QED) is 0.676. The molecule has 0 aliphatic heterocycles. The number of aromatic nitrogens is 1. The average molecular weight is 294 g/mol. The van der Waals surface area contributed by atoms with E-state index in [9.17, 15) is 15.2 Å². The second-order valence-electron chi connectivity index (χ2n) is 4.29. The van der Waals surface area contributed by atoms with Crippen molar-refractivity contribution in [1.29, 1.82) is 0 Å².